The van der Waals surface area contributed by atoms with Crippen LogP contribution in [0, 0.1) is 11.3 Å². The van der Waals surface area contributed by atoms with E-state index >= 15 is 0 Å². The quantitative estimate of drug-likeness (QED) is 0.631. The first-order valence-corrected chi connectivity index (χ1v) is 11.7. The van der Waals surface area contributed by atoms with Gasteiger partial charge in [0.05, 0.1) is 36.6 Å². The molecule has 32 heavy (non-hydrogen) atoms. The normalized spacial score (nSPS) is 22.4. The van der Waals surface area contributed by atoms with Gasteiger partial charge >= 0.3 is 0 Å². The fourth-order valence-electron chi connectivity index (χ4n) is 3.85. The summed E-state index contributed by atoms with van der Waals surface area (Å²) in [7, 11) is 0. The molecule has 2 aromatic heterocycles. The third kappa shape index (κ3) is 5.41. The number of hydrogen-bond acceptors (Lipinski definition) is 8. The molecule has 1 unspecified atom stereocenters. The summed E-state index contributed by atoms with van der Waals surface area (Å²) < 4.78 is 23.6. The summed E-state index contributed by atoms with van der Waals surface area (Å²) in [6, 6.07) is 5.57. The molecule has 0 radical (unpaired) electrons. The summed E-state index contributed by atoms with van der Waals surface area (Å²) in [5, 5.41) is 17.0. The lowest BCUT2D eigenvalue weighted by Gasteiger charge is -2.31. The lowest BCUT2D eigenvalue weighted by atomic mass is 9.99. The SMILES string of the molecule is N#Cc1ccc(SN2CCC(n3ncc(NCC4(F)CCCOC4)c(Cl)c3=O)CC2)nc1. The average Bonchev–Trinajstić information content (AvgIpc) is 2.82. The van der Waals surface area contributed by atoms with Gasteiger partial charge in [0.1, 0.15) is 16.1 Å². The summed E-state index contributed by atoms with van der Waals surface area (Å²) in [5.74, 6) is 0. The van der Waals surface area contributed by atoms with Gasteiger partial charge in [-0.25, -0.2) is 18.4 Å². The van der Waals surface area contributed by atoms with Crippen molar-refractivity contribution < 1.29 is 9.13 Å². The number of anilines is 1. The number of hydrogen-bond donors (Lipinski definition) is 1. The fourth-order valence-corrected chi connectivity index (χ4v) is 4.94. The van der Waals surface area contributed by atoms with Crippen LogP contribution in [0.2, 0.25) is 5.02 Å². The maximum absolute atomic E-state index is 14.7. The van der Waals surface area contributed by atoms with Gasteiger partial charge in [-0.05, 0) is 49.8 Å². The van der Waals surface area contributed by atoms with Crippen LogP contribution in [0.5, 0.6) is 0 Å². The molecule has 0 aromatic carbocycles. The number of rotatable bonds is 6. The summed E-state index contributed by atoms with van der Waals surface area (Å²) in [4.78, 5) is 17.1. The number of aromatic nitrogens is 3. The van der Waals surface area contributed by atoms with Gasteiger partial charge in [-0.2, -0.15) is 10.4 Å². The summed E-state index contributed by atoms with van der Waals surface area (Å²) in [6.07, 6.45) is 5.62. The van der Waals surface area contributed by atoms with Crippen LogP contribution in [0.15, 0.2) is 34.3 Å². The number of halogens is 2. The van der Waals surface area contributed by atoms with Gasteiger partial charge in [-0.1, -0.05) is 11.6 Å². The molecule has 2 fully saturated rings. The molecule has 0 saturated carbocycles. The third-order valence-electron chi connectivity index (χ3n) is 5.67. The first-order valence-electron chi connectivity index (χ1n) is 10.5. The minimum Gasteiger partial charge on any atom is -0.379 e. The third-order valence-corrected chi connectivity index (χ3v) is 7.09. The van der Waals surface area contributed by atoms with Crippen LogP contribution in [0.3, 0.4) is 0 Å². The van der Waals surface area contributed by atoms with Gasteiger partial charge in [0, 0.05) is 25.9 Å². The Balaban J connectivity index is 1.34. The zero-order chi connectivity index (χ0) is 22.6. The number of ether oxygens (including phenoxy) is 1. The van der Waals surface area contributed by atoms with Gasteiger partial charge in [0.2, 0.25) is 0 Å². The van der Waals surface area contributed by atoms with E-state index in [0.29, 0.717) is 30.7 Å². The molecule has 1 N–H and O–H groups in total. The Bertz CT molecular complexity index is 1030. The van der Waals surface area contributed by atoms with Gasteiger partial charge < -0.3 is 10.1 Å². The molecule has 8 nitrogen and oxygen atoms in total. The zero-order valence-electron chi connectivity index (χ0n) is 17.5. The predicted octanol–water partition coefficient (Wildman–Crippen LogP) is 3.44. The maximum Gasteiger partial charge on any atom is 0.287 e. The second-order valence-electron chi connectivity index (χ2n) is 8.03. The van der Waals surface area contributed by atoms with E-state index in [-0.39, 0.29) is 29.8 Å². The molecule has 2 aliphatic heterocycles. The van der Waals surface area contributed by atoms with E-state index in [1.54, 1.807) is 12.3 Å². The number of nitrogens with zero attached hydrogens (tertiary/aromatic N) is 5. The van der Waals surface area contributed by atoms with E-state index in [4.69, 9.17) is 21.6 Å². The van der Waals surface area contributed by atoms with Crippen LogP contribution in [0.4, 0.5) is 10.1 Å². The second-order valence-corrected chi connectivity index (χ2v) is 9.53. The Morgan fingerprint density at radius 2 is 2.19 bits per heavy atom. The molecule has 11 heteroatoms. The molecule has 170 valence electrons. The first-order chi connectivity index (χ1) is 15.5. The molecule has 4 rings (SSSR count). The monoisotopic (exact) mass is 478 g/mol. The topological polar surface area (TPSA) is 96.1 Å². The maximum atomic E-state index is 14.7. The first kappa shape index (κ1) is 23.0. The summed E-state index contributed by atoms with van der Waals surface area (Å²) >= 11 is 7.84. The highest BCUT2D eigenvalue weighted by atomic mass is 35.5. The Morgan fingerprint density at radius 3 is 2.84 bits per heavy atom. The summed E-state index contributed by atoms with van der Waals surface area (Å²) in [5.41, 5.74) is -0.966. The van der Waals surface area contributed by atoms with Gasteiger partial charge in [0.25, 0.3) is 5.56 Å². The molecule has 0 aliphatic carbocycles. The molecule has 4 heterocycles. The average molecular weight is 479 g/mol. The van der Waals surface area contributed by atoms with Crippen molar-refractivity contribution in [2.75, 3.05) is 38.2 Å². The minimum atomic E-state index is -1.47. The van der Waals surface area contributed by atoms with Crippen LogP contribution in [0.25, 0.3) is 0 Å². The van der Waals surface area contributed by atoms with E-state index in [9.17, 15) is 9.18 Å². The zero-order valence-corrected chi connectivity index (χ0v) is 19.0. The number of piperidine rings is 1. The van der Waals surface area contributed by atoms with Crippen molar-refractivity contribution in [3.63, 3.8) is 0 Å². The van der Waals surface area contributed by atoms with Crippen molar-refractivity contribution in [3.05, 3.63) is 45.5 Å². The van der Waals surface area contributed by atoms with Crippen molar-refractivity contribution in [2.45, 2.75) is 42.4 Å². The van der Waals surface area contributed by atoms with E-state index in [1.807, 2.05) is 6.07 Å². The second kappa shape index (κ2) is 10.2. The Kier molecular flexibility index (Phi) is 7.30. The van der Waals surface area contributed by atoms with Gasteiger partial charge in [0.15, 0.2) is 5.67 Å². The highest BCUT2D eigenvalue weighted by molar-refractivity contribution is 7.97. The molecule has 1 atom stereocenters. The molecular formula is C21H24ClFN6O2S. The molecule has 0 amide bonds. The standard InChI is InChI=1S/C21H24ClFN6O2S/c22-19-17(26-13-21(23)6-1-9-31-14-21)12-27-29(20(19)30)16-4-7-28(8-5-16)32-18-3-2-15(10-24)11-25-18/h2-3,11-12,16,26H,1,4-9,13-14H2. The summed E-state index contributed by atoms with van der Waals surface area (Å²) in [6.45, 7) is 2.15. The molecule has 2 aromatic rings. The van der Waals surface area contributed by atoms with Crippen molar-refractivity contribution >= 4 is 29.2 Å². The lowest BCUT2D eigenvalue weighted by molar-refractivity contribution is -0.0234. The highest BCUT2D eigenvalue weighted by Crippen LogP contribution is 2.30. The van der Waals surface area contributed by atoms with Crippen LogP contribution < -0.4 is 10.9 Å². The van der Waals surface area contributed by atoms with Crippen molar-refractivity contribution in [2.24, 2.45) is 0 Å². The number of nitriles is 1. The molecule has 2 saturated heterocycles. The van der Waals surface area contributed by atoms with Crippen LogP contribution in [0.1, 0.15) is 37.3 Å². The Morgan fingerprint density at radius 1 is 1.38 bits per heavy atom. The number of alkyl halides is 1. The van der Waals surface area contributed by atoms with Gasteiger partial charge in [-0.15, -0.1) is 0 Å². The molecule has 0 bridgehead atoms. The van der Waals surface area contributed by atoms with E-state index in [1.165, 1.54) is 22.8 Å². The smallest absolute Gasteiger partial charge is 0.287 e. The molecule has 2 aliphatic rings. The minimum absolute atomic E-state index is 0.0246. The Labute approximate surface area is 194 Å². The highest BCUT2D eigenvalue weighted by Gasteiger charge is 2.33. The van der Waals surface area contributed by atoms with Crippen molar-refractivity contribution in [3.8, 4) is 6.07 Å². The van der Waals surface area contributed by atoms with Crippen molar-refractivity contribution in [1.82, 2.24) is 19.1 Å². The van der Waals surface area contributed by atoms with Crippen LogP contribution >= 0.6 is 23.5 Å². The van der Waals surface area contributed by atoms with Crippen LogP contribution in [-0.2, 0) is 4.74 Å². The predicted molar refractivity (Wildman–Crippen MR) is 121 cm³/mol. The lowest BCUT2D eigenvalue weighted by Crippen LogP contribution is -2.41. The largest absolute Gasteiger partial charge is 0.379 e. The number of pyridine rings is 1. The van der Waals surface area contributed by atoms with E-state index in [2.05, 4.69) is 25.8 Å². The van der Waals surface area contributed by atoms with E-state index < -0.39 is 5.67 Å². The molecular weight excluding hydrogens is 455 g/mol. The van der Waals surface area contributed by atoms with E-state index in [0.717, 1.165) is 31.0 Å². The van der Waals surface area contributed by atoms with Crippen LogP contribution in [-0.4, -0.2) is 57.6 Å². The van der Waals surface area contributed by atoms with Crippen molar-refractivity contribution in [1.29, 1.82) is 5.26 Å². The number of nitrogens with one attached hydrogen (secondary N) is 1. The van der Waals surface area contributed by atoms with Gasteiger partial charge in [-0.3, -0.25) is 4.79 Å². The molecule has 0 spiro atoms. The Hall–Kier alpha value is -2.19. The fraction of sp³-hybridized carbons (Fsp3) is 0.524.